The summed E-state index contributed by atoms with van der Waals surface area (Å²) in [5.74, 6) is 6.63. The van der Waals surface area contributed by atoms with E-state index >= 15 is 0 Å². The van der Waals surface area contributed by atoms with E-state index in [-0.39, 0.29) is 5.41 Å². The molecule has 7 aromatic rings. The topological polar surface area (TPSA) is 71.7 Å². The second kappa shape index (κ2) is 12.3. The lowest BCUT2D eigenvalue weighted by molar-refractivity contribution is -0.0399. The van der Waals surface area contributed by atoms with Crippen LogP contribution >= 0.6 is 0 Å². The molecule has 1 aromatic heterocycles. The van der Waals surface area contributed by atoms with E-state index in [1.807, 2.05) is 72.8 Å². The van der Waals surface area contributed by atoms with Crippen molar-refractivity contribution in [3.05, 3.63) is 161 Å². The number of hydrogen-bond donors (Lipinski definition) is 0. The molecule has 5 nitrogen and oxygen atoms in total. The van der Waals surface area contributed by atoms with E-state index in [9.17, 15) is 5.26 Å². The van der Waals surface area contributed by atoms with Crippen molar-refractivity contribution in [3.8, 4) is 74.0 Å². The van der Waals surface area contributed by atoms with Crippen LogP contribution in [0, 0.1) is 35.0 Å². The van der Waals surface area contributed by atoms with Crippen LogP contribution < -0.4 is 4.74 Å². The maximum Gasteiger partial charge on any atom is 0.164 e. The lowest BCUT2D eigenvalue weighted by Crippen LogP contribution is -2.55. The van der Waals surface area contributed by atoms with E-state index in [0.717, 1.165) is 62.3 Å². The summed E-state index contributed by atoms with van der Waals surface area (Å²) in [7, 11) is 0. The second-order valence-corrected chi connectivity index (χ2v) is 18.0. The van der Waals surface area contributed by atoms with Gasteiger partial charge in [0.2, 0.25) is 0 Å². The number of ether oxygens (including phenoxy) is 1. The summed E-state index contributed by atoms with van der Waals surface area (Å²) < 4.78 is 6.89. The maximum atomic E-state index is 10.0. The quantitative estimate of drug-likeness (QED) is 0.179. The molecule has 4 fully saturated rings. The van der Waals surface area contributed by atoms with Crippen molar-refractivity contribution in [2.75, 3.05) is 0 Å². The monoisotopic (exact) mass is 750 g/mol. The summed E-state index contributed by atoms with van der Waals surface area (Å²) >= 11 is 0. The largest absolute Gasteiger partial charge is 0.457 e. The number of hydrogen-bond acceptors (Lipinski definition) is 5. The molecule has 0 unspecified atom stereocenters. The first-order valence-corrected chi connectivity index (χ1v) is 20.9. The fourth-order valence-corrected chi connectivity index (χ4v) is 12.4. The van der Waals surface area contributed by atoms with Crippen molar-refractivity contribution in [2.45, 2.75) is 56.8 Å². The number of nitriles is 1. The molecule has 0 amide bonds. The summed E-state index contributed by atoms with van der Waals surface area (Å²) in [5, 5.41) is 10.0. The molecule has 6 aromatic carbocycles. The first-order valence-electron chi connectivity index (χ1n) is 20.9. The Morgan fingerprint density at radius 3 is 1.79 bits per heavy atom. The van der Waals surface area contributed by atoms with Gasteiger partial charge in [-0.15, -0.1) is 0 Å². The first-order chi connectivity index (χ1) is 28.4. The molecular weight excluding hydrogens is 709 g/mol. The summed E-state index contributed by atoms with van der Waals surface area (Å²) in [6.45, 7) is 4.56. The van der Waals surface area contributed by atoms with Gasteiger partial charge >= 0.3 is 0 Å². The Bertz CT molecular complexity index is 2790. The minimum atomic E-state index is -0.411. The van der Waals surface area contributed by atoms with Crippen LogP contribution in [0.15, 0.2) is 133 Å². The summed E-state index contributed by atoms with van der Waals surface area (Å²) in [5.41, 5.74) is 13.3. The van der Waals surface area contributed by atoms with Crippen LogP contribution in [-0.4, -0.2) is 15.0 Å². The van der Waals surface area contributed by atoms with Gasteiger partial charge in [-0.05, 0) is 119 Å². The highest BCUT2D eigenvalue weighted by Crippen LogP contribution is 2.69. The van der Waals surface area contributed by atoms with E-state index < -0.39 is 5.41 Å². The number of benzene rings is 6. The van der Waals surface area contributed by atoms with Crippen molar-refractivity contribution in [1.82, 2.24) is 15.0 Å². The van der Waals surface area contributed by atoms with E-state index in [0.29, 0.717) is 29.3 Å². The molecule has 6 aliphatic rings. The summed E-state index contributed by atoms with van der Waals surface area (Å²) in [4.78, 5) is 15.1. The van der Waals surface area contributed by atoms with Crippen LogP contribution in [0.2, 0.25) is 0 Å². The number of nitrogens with zero attached hydrogens (tertiary/aromatic N) is 4. The van der Waals surface area contributed by atoms with E-state index in [4.69, 9.17) is 19.7 Å². The molecule has 4 saturated carbocycles. The van der Waals surface area contributed by atoms with Gasteiger partial charge in [-0.2, -0.15) is 5.26 Å². The Kier molecular flexibility index (Phi) is 7.16. The molecule has 0 saturated heterocycles. The van der Waals surface area contributed by atoms with Gasteiger partial charge in [0.05, 0.1) is 11.6 Å². The maximum absolute atomic E-state index is 10.0. The molecule has 1 spiro atoms. The van der Waals surface area contributed by atoms with Gasteiger partial charge in [0.15, 0.2) is 17.5 Å². The van der Waals surface area contributed by atoms with E-state index in [1.165, 1.54) is 59.9 Å². The Morgan fingerprint density at radius 1 is 0.517 bits per heavy atom. The molecule has 280 valence electrons. The Hall–Kier alpha value is -6.38. The minimum absolute atomic E-state index is 0.0239. The average Bonchev–Trinajstić information content (AvgIpc) is 3.54. The molecule has 0 radical (unpaired) electrons. The molecule has 1 aliphatic heterocycles. The highest BCUT2D eigenvalue weighted by molar-refractivity contribution is 5.86. The van der Waals surface area contributed by atoms with Crippen LogP contribution in [0.25, 0.3) is 56.4 Å². The third-order valence-corrected chi connectivity index (χ3v) is 14.6. The summed E-state index contributed by atoms with van der Waals surface area (Å²) in [6.07, 6.45) is 6.70. The molecule has 4 bridgehead atoms. The lowest BCUT2D eigenvalue weighted by atomic mass is 9.43. The highest BCUT2D eigenvalue weighted by Gasteiger charge is 2.61. The summed E-state index contributed by atoms with van der Waals surface area (Å²) in [6, 6.07) is 49.4. The van der Waals surface area contributed by atoms with Gasteiger partial charge < -0.3 is 4.74 Å². The van der Waals surface area contributed by atoms with Crippen molar-refractivity contribution < 1.29 is 4.74 Å². The van der Waals surface area contributed by atoms with Crippen LogP contribution in [0.5, 0.6) is 11.5 Å². The van der Waals surface area contributed by atoms with E-state index in [1.54, 1.807) is 0 Å². The fraction of sp³-hybridized carbons (Fsp3) is 0.245. The molecule has 5 heteroatoms. The SMILES string of the molecule is CC1(C)c2ccc(-c3ccc4c(c3)-c3ccc(C#N)cc3C43C4CC5CC(C4)CC3C5)cc2Oc2cccc(-c3nc(-c4ccccc4)nc(-c4ccccc4)n3)c21. The zero-order chi connectivity index (χ0) is 38.8. The lowest BCUT2D eigenvalue weighted by Gasteiger charge is -2.61. The smallest absolute Gasteiger partial charge is 0.164 e. The minimum Gasteiger partial charge on any atom is -0.457 e. The van der Waals surface area contributed by atoms with Crippen LogP contribution in [0.1, 0.15) is 73.8 Å². The van der Waals surface area contributed by atoms with Crippen LogP contribution in [0.3, 0.4) is 0 Å². The third-order valence-electron chi connectivity index (χ3n) is 14.6. The Labute approximate surface area is 339 Å². The second-order valence-electron chi connectivity index (χ2n) is 18.0. The molecule has 0 atom stereocenters. The van der Waals surface area contributed by atoms with Gasteiger partial charge in [-0.25, -0.2) is 15.0 Å². The standard InChI is InChI=1S/C53H42N4O/c1-52(2)44-21-18-37(36-17-20-43-42(28-36)40-19-16-31(30-54)27-45(40)53(43)38-23-32-22-33(25-38)26-39(53)24-32)29-47(44)58-46-15-9-14-41(48(46)52)51-56-49(34-10-5-3-6-11-34)55-50(57-51)35-12-7-4-8-13-35/h3-21,27-29,32-33,38-39H,22-26H2,1-2H3. The molecule has 2 heterocycles. The van der Waals surface area contributed by atoms with Gasteiger partial charge in [-0.1, -0.05) is 117 Å². The average molecular weight is 751 g/mol. The Balaban J connectivity index is 0.948. The number of fused-ring (bicyclic) bond motifs is 5. The molecule has 0 N–H and O–H groups in total. The predicted molar refractivity (Wildman–Crippen MR) is 228 cm³/mol. The highest BCUT2D eigenvalue weighted by atomic mass is 16.5. The fourth-order valence-electron chi connectivity index (χ4n) is 12.4. The molecular formula is C53H42N4O. The van der Waals surface area contributed by atoms with Crippen LogP contribution in [-0.2, 0) is 10.8 Å². The zero-order valence-electron chi connectivity index (χ0n) is 32.7. The van der Waals surface area contributed by atoms with Gasteiger partial charge in [0, 0.05) is 38.6 Å². The first kappa shape index (κ1) is 33.7. The molecule has 13 rings (SSSR count). The van der Waals surface area contributed by atoms with Crippen molar-refractivity contribution in [3.63, 3.8) is 0 Å². The van der Waals surface area contributed by atoms with Gasteiger partial charge in [0.1, 0.15) is 11.5 Å². The third kappa shape index (κ3) is 4.78. The number of aromatic nitrogens is 3. The Morgan fingerprint density at radius 2 is 1.14 bits per heavy atom. The molecule has 58 heavy (non-hydrogen) atoms. The van der Waals surface area contributed by atoms with E-state index in [2.05, 4.69) is 80.6 Å². The zero-order valence-corrected chi connectivity index (χ0v) is 32.7. The predicted octanol–water partition coefficient (Wildman–Crippen LogP) is 12.6. The van der Waals surface area contributed by atoms with Gasteiger partial charge in [-0.3, -0.25) is 0 Å². The normalized spacial score (nSPS) is 23.7. The van der Waals surface area contributed by atoms with Gasteiger partial charge in [0.25, 0.3) is 0 Å². The van der Waals surface area contributed by atoms with Crippen molar-refractivity contribution in [2.24, 2.45) is 23.7 Å². The van der Waals surface area contributed by atoms with Crippen molar-refractivity contribution in [1.29, 1.82) is 5.26 Å². The molecule has 5 aliphatic carbocycles. The van der Waals surface area contributed by atoms with Crippen molar-refractivity contribution >= 4 is 0 Å². The van der Waals surface area contributed by atoms with Crippen LogP contribution in [0.4, 0.5) is 0 Å². The number of rotatable bonds is 4.